The topological polar surface area (TPSA) is 88.3 Å². The lowest BCUT2D eigenvalue weighted by atomic mass is 9.94. The molecule has 1 N–H and O–H groups in total. The summed E-state index contributed by atoms with van der Waals surface area (Å²) in [6, 6.07) is 0.198. The molecule has 0 aromatic carbocycles. The van der Waals surface area contributed by atoms with Gasteiger partial charge in [-0.05, 0) is 33.1 Å². The van der Waals surface area contributed by atoms with Crippen molar-refractivity contribution in [1.29, 1.82) is 0 Å². The summed E-state index contributed by atoms with van der Waals surface area (Å²) in [7, 11) is -3.17. The molecule has 3 unspecified atom stereocenters. The van der Waals surface area contributed by atoms with Crippen molar-refractivity contribution in [2.24, 2.45) is 5.92 Å². The molecule has 1 aliphatic heterocycles. The van der Waals surface area contributed by atoms with E-state index in [1.807, 2.05) is 13.8 Å². The van der Waals surface area contributed by atoms with Crippen LogP contribution in [0.15, 0.2) is 4.42 Å². The first-order chi connectivity index (χ1) is 10.8. The van der Waals surface area contributed by atoms with Gasteiger partial charge in [-0.2, -0.15) is 0 Å². The Morgan fingerprint density at radius 1 is 1.35 bits per heavy atom. The Labute approximate surface area is 138 Å². The van der Waals surface area contributed by atoms with Crippen LogP contribution < -0.4 is 5.32 Å². The first-order valence-corrected chi connectivity index (χ1v) is 9.83. The van der Waals surface area contributed by atoms with Gasteiger partial charge in [0.2, 0.25) is 21.8 Å². The zero-order valence-electron chi connectivity index (χ0n) is 14.6. The largest absolute Gasteiger partial charge is 0.424 e. The highest BCUT2D eigenvalue weighted by molar-refractivity contribution is 7.89. The van der Waals surface area contributed by atoms with Crippen molar-refractivity contribution < 1.29 is 12.8 Å². The smallest absolute Gasteiger partial charge is 0.233 e. The molecule has 0 saturated carbocycles. The zero-order chi connectivity index (χ0) is 17.2. The van der Waals surface area contributed by atoms with Crippen LogP contribution in [0.3, 0.4) is 0 Å². The van der Waals surface area contributed by atoms with Crippen LogP contribution in [0.25, 0.3) is 0 Å². The van der Waals surface area contributed by atoms with Gasteiger partial charge in [-0.25, -0.2) is 12.7 Å². The molecule has 7 nitrogen and oxygen atoms in total. The molecular formula is C15H28N4O3S. The molecule has 0 aliphatic carbocycles. The van der Waals surface area contributed by atoms with Crippen LogP contribution >= 0.6 is 0 Å². The van der Waals surface area contributed by atoms with Gasteiger partial charge < -0.3 is 9.73 Å². The van der Waals surface area contributed by atoms with Gasteiger partial charge in [0.15, 0.2) is 0 Å². The van der Waals surface area contributed by atoms with E-state index in [0.717, 1.165) is 12.8 Å². The van der Waals surface area contributed by atoms with Crippen molar-refractivity contribution in [3.05, 3.63) is 11.8 Å². The maximum Gasteiger partial charge on any atom is 0.233 e. The molecule has 1 saturated heterocycles. The van der Waals surface area contributed by atoms with Gasteiger partial charge in [0.25, 0.3) is 0 Å². The summed E-state index contributed by atoms with van der Waals surface area (Å²) < 4.78 is 31.8. The van der Waals surface area contributed by atoms with Gasteiger partial charge in [-0.1, -0.05) is 13.8 Å². The molecule has 1 aromatic heterocycles. The van der Waals surface area contributed by atoms with Crippen LogP contribution in [0.1, 0.15) is 58.9 Å². The number of piperidine rings is 1. The summed E-state index contributed by atoms with van der Waals surface area (Å²) in [6.07, 6.45) is 1.51. The monoisotopic (exact) mass is 344 g/mol. The molecule has 3 atom stereocenters. The molecule has 0 spiro atoms. The molecule has 0 amide bonds. The fourth-order valence-corrected chi connectivity index (χ4v) is 4.26. The minimum atomic E-state index is -3.17. The summed E-state index contributed by atoms with van der Waals surface area (Å²) in [5.74, 6) is 1.46. The van der Waals surface area contributed by atoms with Crippen molar-refractivity contribution in [1.82, 2.24) is 19.8 Å². The van der Waals surface area contributed by atoms with Crippen LogP contribution in [0.4, 0.5) is 0 Å². The number of nitrogens with one attached hydrogen (secondary N) is 1. The van der Waals surface area contributed by atoms with E-state index >= 15 is 0 Å². The van der Waals surface area contributed by atoms with E-state index in [1.54, 1.807) is 18.2 Å². The molecule has 23 heavy (non-hydrogen) atoms. The van der Waals surface area contributed by atoms with Crippen LogP contribution in [0.5, 0.6) is 0 Å². The maximum atomic E-state index is 12.3. The molecular weight excluding hydrogens is 316 g/mol. The van der Waals surface area contributed by atoms with Crippen molar-refractivity contribution in [2.45, 2.75) is 64.8 Å². The van der Waals surface area contributed by atoms with Crippen molar-refractivity contribution in [2.75, 3.05) is 13.1 Å². The third kappa shape index (κ3) is 4.10. The van der Waals surface area contributed by atoms with Gasteiger partial charge in [0, 0.05) is 25.6 Å². The highest BCUT2D eigenvalue weighted by Crippen LogP contribution is 2.24. The van der Waals surface area contributed by atoms with Crippen LogP contribution in [0.2, 0.25) is 0 Å². The Kier molecular flexibility index (Phi) is 5.80. The second-order valence-corrected chi connectivity index (χ2v) is 9.09. The lowest BCUT2D eigenvalue weighted by Gasteiger charge is -2.38. The lowest BCUT2D eigenvalue weighted by molar-refractivity contribution is 0.202. The second kappa shape index (κ2) is 7.27. The zero-order valence-corrected chi connectivity index (χ0v) is 15.4. The van der Waals surface area contributed by atoms with E-state index in [0.29, 0.717) is 24.9 Å². The first-order valence-electron chi connectivity index (χ1n) is 8.33. The number of nitrogens with zero attached hydrogens (tertiary/aromatic N) is 3. The van der Waals surface area contributed by atoms with E-state index < -0.39 is 10.0 Å². The normalized spacial score (nSPS) is 25.0. The molecule has 1 fully saturated rings. The minimum Gasteiger partial charge on any atom is -0.424 e. The summed E-state index contributed by atoms with van der Waals surface area (Å²) >= 11 is 0. The van der Waals surface area contributed by atoms with E-state index in [9.17, 15) is 8.42 Å². The van der Waals surface area contributed by atoms with Gasteiger partial charge in [-0.15, -0.1) is 10.2 Å². The number of hydrogen-bond donors (Lipinski definition) is 1. The molecule has 0 bridgehead atoms. The fraction of sp³-hybridized carbons (Fsp3) is 0.867. The van der Waals surface area contributed by atoms with E-state index in [2.05, 4.69) is 22.4 Å². The Morgan fingerprint density at radius 2 is 2.04 bits per heavy atom. The quantitative estimate of drug-likeness (QED) is 0.845. The summed E-state index contributed by atoms with van der Waals surface area (Å²) in [4.78, 5) is 0. The minimum absolute atomic E-state index is 0.0384. The highest BCUT2D eigenvalue weighted by Gasteiger charge is 2.34. The highest BCUT2D eigenvalue weighted by atomic mass is 32.2. The number of sulfonamides is 1. The molecule has 0 radical (unpaired) electrons. The third-order valence-electron chi connectivity index (χ3n) is 4.44. The van der Waals surface area contributed by atoms with Crippen molar-refractivity contribution in [3.63, 3.8) is 0 Å². The summed E-state index contributed by atoms with van der Waals surface area (Å²) in [5.41, 5.74) is 0. The SMILES string of the molecule is CCc1nnc(C(C)NC2CCN(S(=O)(=O)C(C)C)CC2C)o1. The predicted molar refractivity (Wildman–Crippen MR) is 88.4 cm³/mol. The van der Waals surface area contributed by atoms with E-state index in [4.69, 9.17) is 4.42 Å². The molecule has 2 heterocycles. The Morgan fingerprint density at radius 3 is 2.57 bits per heavy atom. The molecule has 1 aromatic rings. The fourth-order valence-electron chi connectivity index (χ4n) is 2.86. The number of aromatic nitrogens is 2. The van der Waals surface area contributed by atoms with Crippen LogP contribution in [0, 0.1) is 5.92 Å². The number of rotatable bonds is 6. The van der Waals surface area contributed by atoms with Crippen molar-refractivity contribution in [3.8, 4) is 0 Å². The Balaban J connectivity index is 1.96. The standard InChI is InChI=1S/C15H28N4O3S/c1-6-14-17-18-15(22-14)12(5)16-13-7-8-19(9-11(13)4)23(20,21)10(2)3/h10-13,16H,6-9H2,1-5H3. The lowest BCUT2D eigenvalue weighted by Crippen LogP contribution is -2.51. The third-order valence-corrected chi connectivity index (χ3v) is 6.69. The van der Waals surface area contributed by atoms with E-state index in [-0.39, 0.29) is 23.3 Å². The Bertz CT molecular complexity index is 614. The van der Waals surface area contributed by atoms with E-state index in [1.165, 1.54) is 0 Å². The van der Waals surface area contributed by atoms with Gasteiger partial charge in [0.05, 0.1) is 11.3 Å². The number of aryl methyl sites for hydroxylation is 1. The van der Waals surface area contributed by atoms with Crippen LogP contribution in [-0.4, -0.2) is 47.3 Å². The average Bonchev–Trinajstić information content (AvgIpc) is 2.98. The van der Waals surface area contributed by atoms with Gasteiger partial charge in [0.1, 0.15) is 0 Å². The summed E-state index contributed by atoms with van der Waals surface area (Å²) in [5, 5.41) is 11.2. The van der Waals surface area contributed by atoms with Crippen LogP contribution in [-0.2, 0) is 16.4 Å². The first kappa shape index (κ1) is 18.4. The van der Waals surface area contributed by atoms with Gasteiger partial charge in [-0.3, -0.25) is 0 Å². The van der Waals surface area contributed by atoms with Crippen molar-refractivity contribution >= 4 is 10.0 Å². The Hall–Kier alpha value is -0.990. The second-order valence-electron chi connectivity index (χ2n) is 6.60. The molecule has 132 valence electrons. The molecule has 1 aliphatic rings. The van der Waals surface area contributed by atoms with Gasteiger partial charge >= 0.3 is 0 Å². The average molecular weight is 344 g/mol. The molecule has 8 heteroatoms. The summed E-state index contributed by atoms with van der Waals surface area (Å²) in [6.45, 7) is 10.6. The maximum absolute atomic E-state index is 12.3. The molecule has 2 rings (SSSR count). The predicted octanol–water partition coefficient (Wildman–Crippen LogP) is 1.73. The number of hydrogen-bond acceptors (Lipinski definition) is 6.